The zero-order valence-corrected chi connectivity index (χ0v) is 12.5. The Bertz CT molecular complexity index is 391. The fourth-order valence-corrected chi connectivity index (χ4v) is 2.63. The number of likely N-dealkylation sites (tertiary alicyclic amines) is 1. The predicted octanol–water partition coefficient (Wildman–Crippen LogP) is 1.29. The van der Waals surface area contributed by atoms with Crippen LogP contribution >= 0.6 is 0 Å². The summed E-state index contributed by atoms with van der Waals surface area (Å²) in [4.78, 5) is 25.8. The molecule has 20 heavy (non-hydrogen) atoms. The lowest BCUT2D eigenvalue weighted by Crippen LogP contribution is -2.55. The molecule has 0 aromatic rings. The number of hydrogen-bond acceptors (Lipinski definition) is 4. The Kier molecular flexibility index (Phi) is 4.22. The maximum atomic E-state index is 12.1. The number of nitrogens with zero attached hydrogens (tertiary/aromatic N) is 1. The average Bonchev–Trinajstić information content (AvgIpc) is 2.55. The quantitative estimate of drug-likeness (QED) is 0.728. The number of morpholine rings is 1. The molecule has 2 heterocycles. The molecule has 0 saturated carbocycles. The highest BCUT2D eigenvalue weighted by atomic mass is 16.6. The Labute approximate surface area is 119 Å². The molecule has 0 aromatic carbocycles. The smallest absolute Gasteiger partial charge is 0.410 e. The summed E-state index contributed by atoms with van der Waals surface area (Å²) in [5, 5.41) is 2.85. The van der Waals surface area contributed by atoms with Gasteiger partial charge in [0.15, 0.2) is 0 Å². The number of carbonyl (C=O) groups excluding carboxylic acids is 2. The van der Waals surface area contributed by atoms with Gasteiger partial charge in [0.05, 0.1) is 6.61 Å². The second kappa shape index (κ2) is 5.60. The van der Waals surface area contributed by atoms with Gasteiger partial charge < -0.3 is 19.7 Å². The molecule has 2 aliphatic rings. The minimum absolute atomic E-state index is 0.0465. The van der Waals surface area contributed by atoms with Gasteiger partial charge in [-0.3, -0.25) is 4.79 Å². The average molecular weight is 284 g/mol. The Balaban J connectivity index is 1.98. The van der Waals surface area contributed by atoms with Crippen LogP contribution in [0.5, 0.6) is 0 Å². The van der Waals surface area contributed by atoms with Crippen LogP contribution in [0.2, 0.25) is 0 Å². The van der Waals surface area contributed by atoms with E-state index in [1.165, 1.54) is 0 Å². The first-order chi connectivity index (χ1) is 9.32. The van der Waals surface area contributed by atoms with Crippen LogP contribution in [0, 0.1) is 0 Å². The van der Waals surface area contributed by atoms with Crippen molar-refractivity contribution < 1.29 is 19.1 Å². The predicted molar refractivity (Wildman–Crippen MR) is 73.4 cm³/mol. The van der Waals surface area contributed by atoms with E-state index < -0.39 is 11.2 Å². The van der Waals surface area contributed by atoms with Crippen LogP contribution in [-0.2, 0) is 14.3 Å². The maximum absolute atomic E-state index is 12.1. The minimum atomic E-state index is -0.755. The SMILES string of the molecule is CC(C)(C)OC(=O)N1CCCC2(CC1)OCCNC2=O. The lowest BCUT2D eigenvalue weighted by molar-refractivity contribution is -0.156. The van der Waals surface area contributed by atoms with E-state index >= 15 is 0 Å². The van der Waals surface area contributed by atoms with Gasteiger partial charge in [0.25, 0.3) is 5.91 Å². The van der Waals surface area contributed by atoms with E-state index in [2.05, 4.69) is 5.32 Å². The number of rotatable bonds is 0. The van der Waals surface area contributed by atoms with E-state index in [-0.39, 0.29) is 12.0 Å². The first-order valence-corrected chi connectivity index (χ1v) is 7.23. The van der Waals surface area contributed by atoms with Crippen molar-refractivity contribution in [3.8, 4) is 0 Å². The second-order valence-corrected chi connectivity index (χ2v) is 6.42. The van der Waals surface area contributed by atoms with Gasteiger partial charge in [-0.2, -0.15) is 0 Å². The van der Waals surface area contributed by atoms with Crippen molar-refractivity contribution in [3.63, 3.8) is 0 Å². The van der Waals surface area contributed by atoms with E-state index in [1.54, 1.807) is 4.90 Å². The van der Waals surface area contributed by atoms with Crippen molar-refractivity contribution in [1.82, 2.24) is 10.2 Å². The van der Waals surface area contributed by atoms with Gasteiger partial charge in [0.2, 0.25) is 0 Å². The maximum Gasteiger partial charge on any atom is 0.410 e. The van der Waals surface area contributed by atoms with Gasteiger partial charge in [0, 0.05) is 26.1 Å². The molecule has 1 atom stereocenters. The van der Waals surface area contributed by atoms with E-state index in [9.17, 15) is 9.59 Å². The first kappa shape index (κ1) is 15.1. The van der Waals surface area contributed by atoms with Crippen molar-refractivity contribution >= 4 is 12.0 Å². The van der Waals surface area contributed by atoms with Crippen molar-refractivity contribution in [2.24, 2.45) is 0 Å². The minimum Gasteiger partial charge on any atom is -0.444 e. The summed E-state index contributed by atoms with van der Waals surface area (Å²) in [6.45, 7) is 7.75. The molecule has 0 aliphatic carbocycles. The van der Waals surface area contributed by atoms with Crippen LogP contribution in [-0.4, -0.2) is 54.3 Å². The summed E-state index contributed by atoms with van der Waals surface area (Å²) in [7, 11) is 0. The number of hydrogen-bond donors (Lipinski definition) is 1. The fourth-order valence-electron chi connectivity index (χ4n) is 2.63. The molecule has 2 fully saturated rings. The zero-order chi connectivity index (χ0) is 14.8. The van der Waals surface area contributed by atoms with Crippen molar-refractivity contribution in [2.45, 2.75) is 51.2 Å². The number of amides is 2. The molecule has 6 heteroatoms. The molecule has 2 aliphatic heterocycles. The topological polar surface area (TPSA) is 67.9 Å². The third-order valence-electron chi connectivity index (χ3n) is 3.63. The fraction of sp³-hybridized carbons (Fsp3) is 0.857. The monoisotopic (exact) mass is 284 g/mol. The number of nitrogens with one attached hydrogen (secondary N) is 1. The van der Waals surface area contributed by atoms with Crippen LogP contribution < -0.4 is 5.32 Å². The highest BCUT2D eigenvalue weighted by Gasteiger charge is 2.43. The van der Waals surface area contributed by atoms with E-state index in [1.807, 2.05) is 20.8 Å². The summed E-state index contributed by atoms with van der Waals surface area (Å²) in [5.41, 5.74) is -1.26. The number of carbonyl (C=O) groups is 2. The molecule has 1 N–H and O–H groups in total. The summed E-state index contributed by atoms with van der Waals surface area (Å²) in [5.74, 6) is -0.0465. The Hall–Kier alpha value is -1.30. The van der Waals surface area contributed by atoms with Gasteiger partial charge in [-0.1, -0.05) is 0 Å². The van der Waals surface area contributed by atoms with Crippen LogP contribution in [0.1, 0.15) is 40.0 Å². The molecular weight excluding hydrogens is 260 g/mol. The van der Waals surface area contributed by atoms with Crippen molar-refractivity contribution in [3.05, 3.63) is 0 Å². The second-order valence-electron chi connectivity index (χ2n) is 6.42. The molecule has 1 spiro atoms. The molecule has 114 valence electrons. The van der Waals surface area contributed by atoms with Crippen LogP contribution in [0.4, 0.5) is 4.79 Å². The standard InChI is InChI=1S/C14H24N2O4/c1-13(2,3)20-12(18)16-8-4-5-14(6-9-16)11(17)15-7-10-19-14/h4-10H2,1-3H3,(H,15,17). The summed E-state index contributed by atoms with van der Waals surface area (Å²) in [6, 6.07) is 0. The summed E-state index contributed by atoms with van der Waals surface area (Å²) < 4.78 is 11.1. The Morgan fingerprint density at radius 1 is 1.35 bits per heavy atom. The lowest BCUT2D eigenvalue weighted by atomic mass is 9.92. The van der Waals surface area contributed by atoms with Crippen LogP contribution in [0.3, 0.4) is 0 Å². The third kappa shape index (κ3) is 3.42. The highest BCUT2D eigenvalue weighted by Crippen LogP contribution is 2.29. The molecule has 0 radical (unpaired) electrons. The first-order valence-electron chi connectivity index (χ1n) is 7.23. The van der Waals surface area contributed by atoms with Gasteiger partial charge in [-0.15, -0.1) is 0 Å². The molecular formula is C14H24N2O4. The number of ether oxygens (including phenoxy) is 2. The summed E-state index contributed by atoms with van der Waals surface area (Å²) in [6.07, 6.45) is 1.61. The molecule has 2 rings (SSSR count). The van der Waals surface area contributed by atoms with E-state index in [0.717, 1.165) is 6.42 Å². The molecule has 2 amide bonds. The molecule has 0 bridgehead atoms. The molecule has 1 unspecified atom stereocenters. The third-order valence-corrected chi connectivity index (χ3v) is 3.63. The molecule has 6 nitrogen and oxygen atoms in total. The van der Waals surface area contributed by atoms with Gasteiger partial charge in [0.1, 0.15) is 11.2 Å². The highest BCUT2D eigenvalue weighted by molar-refractivity contribution is 5.86. The van der Waals surface area contributed by atoms with Gasteiger partial charge >= 0.3 is 6.09 Å². The Morgan fingerprint density at radius 2 is 2.10 bits per heavy atom. The zero-order valence-electron chi connectivity index (χ0n) is 12.5. The molecule has 2 saturated heterocycles. The van der Waals surface area contributed by atoms with E-state index in [4.69, 9.17) is 9.47 Å². The lowest BCUT2D eigenvalue weighted by Gasteiger charge is -2.35. The van der Waals surface area contributed by atoms with Crippen LogP contribution in [0.15, 0.2) is 0 Å². The largest absolute Gasteiger partial charge is 0.444 e. The van der Waals surface area contributed by atoms with Gasteiger partial charge in [-0.05, 0) is 33.6 Å². The van der Waals surface area contributed by atoms with Crippen molar-refractivity contribution in [1.29, 1.82) is 0 Å². The molecule has 0 aromatic heterocycles. The van der Waals surface area contributed by atoms with Crippen molar-refractivity contribution in [2.75, 3.05) is 26.2 Å². The normalized spacial score (nSPS) is 27.9. The Morgan fingerprint density at radius 3 is 2.75 bits per heavy atom. The van der Waals surface area contributed by atoms with Gasteiger partial charge in [-0.25, -0.2) is 4.79 Å². The summed E-state index contributed by atoms with van der Waals surface area (Å²) >= 11 is 0. The van der Waals surface area contributed by atoms with E-state index in [0.29, 0.717) is 39.1 Å². The van der Waals surface area contributed by atoms with Crippen LogP contribution in [0.25, 0.3) is 0 Å².